The van der Waals surface area contributed by atoms with Crippen molar-refractivity contribution in [1.82, 2.24) is 15.8 Å². The van der Waals surface area contributed by atoms with Crippen molar-refractivity contribution in [2.24, 2.45) is 0 Å². The lowest BCUT2D eigenvalue weighted by Gasteiger charge is -2.15. The van der Waals surface area contributed by atoms with Crippen LogP contribution in [0.1, 0.15) is 42.4 Å². The highest BCUT2D eigenvalue weighted by Gasteiger charge is 2.21. The van der Waals surface area contributed by atoms with E-state index < -0.39 is 23.7 Å². The maximum atomic E-state index is 12.8. The third-order valence-electron chi connectivity index (χ3n) is 3.17. The number of thiazole rings is 1. The Hall–Kier alpha value is -2.48. The van der Waals surface area contributed by atoms with E-state index in [1.165, 1.54) is 48.7 Å². The second-order valence-corrected chi connectivity index (χ2v) is 7.47. The number of nitrogens with zero attached hydrogens (tertiary/aromatic N) is 1. The van der Waals surface area contributed by atoms with Crippen LogP contribution in [0.4, 0.5) is 4.39 Å². The number of benzene rings is 1. The van der Waals surface area contributed by atoms with Crippen LogP contribution in [0, 0.1) is 5.82 Å². The van der Waals surface area contributed by atoms with Crippen molar-refractivity contribution in [1.29, 1.82) is 0 Å². The zero-order chi connectivity index (χ0) is 18.6. The highest BCUT2D eigenvalue weighted by Crippen LogP contribution is 2.26. The van der Waals surface area contributed by atoms with E-state index in [0.717, 1.165) is 5.01 Å². The lowest BCUT2D eigenvalue weighted by atomic mass is 9.98. The van der Waals surface area contributed by atoms with E-state index in [-0.39, 0.29) is 5.41 Å². The zero-order valence-corrected chi connectivity index (χ0v) is 15.2. The monoisotopic (exact) mass is 365 g/mol. The number of amides is 2. The van der Waals surface area contributed by atoms with Crippen LogP contribution in [-0.2, 0) is 10.2 Å². The van der Waals surface area contributed by atoms with Gasteiger partial charge in [0.25, 0.3) is 11.8 Å². The van der Waals surface area contributed by atoms with Crippen molar-refractivity contribution in [3.05, 3.63) is 46.2 Å². The predicted molar refractivity (Wildman–Crippen MR) is 92.9 cm³/mol. The van der Waals surface area contributed by atoms with Gasteiger partial charge in [-0.05, 0) is 31.2 Å². The van der Waals surface area contributed by atoms with E-state index in [9.17, 15) is 14.0 Å². The van der Waals surface area contributed by atoms with Gasteiger partial charge in [-0.25, -0.2) is 9.37 Å². The van der Waals surface area contributed by atoms with Crippen LogP contribution in [0.2, 0.25) is 0 Å². The fraction of sp³-hybridized carbons (Fsp3) is 0.353. The number of hydrogen-bond donors (Lipinski definition) is 2. The molecule has 0 saturated heterocycles. The van der Waals surface area contributed by atoms with Crippen LogP contribution in [0.15, 0.2) is 30.5 Å². The average molecular weight is 365 g/mol. The number of hydrazine groups is 1. The molecule has 0 aliphatic rings. The van der Waals surface area contributed by atoms with Gasteiger partial charge in [0.05, 0.1) is 11.2 Å². The Balaban J connectivity index is 1.87. The molecule has 0 aliphatic carbocycles. The molecule has 25 heavy (non-hydrogen) atoms. The number of carbonyl (C=O) groups excluding carboxylic acids is 2. The van der Waals surface area contributed by atoms with E-state index in [2.05, 4.69) is 15.8 Å². The van der Waals surface area contributed by atoms with Gasteiger partial charge < -0.3 is 4.74 Å². The number of aromatic nitrogens is 1. The first-order valence-electron chi connectivity index (χ1n) is 7.65. The van der Waals surface area contributed by atoms with Crippen LogP contribution in [0.5, 0.6) is 5.75 Å². The standard InChI is InChI=1S/C17H20FN3O3S/c1-10(24-12-7-5-11(18)6-8-12)14(22)20-21-15(23)13-9-19-16(25-13)17(2,3)4/h5-10H,1-4H3,(H,20,22)(H,21,23). The summed E-state index contributed by atoms with van der Waals surface area (Å²) in [5.41, 5.74) is 4.48. The Morgan fingerprint density at radius 2 is 1.84 bits per heavy atom. The summed E-state index contributed by atoms with van der Waals surface area (Å²) in [5.74, 6) is -1.02. The molecule has 1 atom stereocenters. The smallest absolute Gasteiger partial charge is 0.281 e. The summed E-state index contributed by atoms with van der Waals surface area (Å²) in [4.78, 5) is 28.7. The molecule has 1 heterocycles. The molecule has 2 amide bonds. The third-order valence-corrected chi connectivity index (χ3v) is 4.59. The molecule has 0 saturated carbocycles. The van der Waals surface area contributed by atoms with E-state index in [1.54, 1.807) is 0 Å². The molecule has 1 unspecified atom stereocenters. The Kier molecular flexibility index (Phi) is 5.73. The maximum Gasteiger partial charge on any atom is 0.281 e. The second-order valence-electron chi connectivity index (χ2n) is 6.44. The van der Waals surface area contributed by atoms with Crippen LogP contribution in [0.25, 0.3) is 0 Å². The number of carbonyl (C=O) groups is 2. The van der Waals surface area contributed by atoms with Gasteiger partial charge in [-0.3, -0.25) is 20.4 Å². The van der Waals surface area contributed by atoms with Crippen LogP contribution >= 0.6 is 11.3 Å². The molecule has 2 N–H and O–H groups in total. The van der Waals surface area contributed by atoms with Gasteiger partial charge in [-0.2, -0.15) is 0 Å². The summed E-state index contributed by atoms with van der Waals surface area (Å²) in [6.07, 6.45) is 0.614. The lowest BCUT2D eigenvalue weighted by Crippen LogP contribution is -2.47. The van der Waals surface area contributed by atoms with Crippen LogP contribution in [0.3, 0.4) is 0 Å². The van der Waals surface area contributed by atoms with Gasteiger partial charge in [0, 0.05) is 5.41 Å². The number of nitrogens with one attached hydrogen (secondary N) is 2. The molecule has 0 fully saturated rings. The van der Waals surface area contributed by atoms with E-state index in [1.807, 2.05) is 20.8 Å². The number of ether oxygens (including phenoxy) is 1. The molecular weight excluding hydrogens is 345 g/mol. The first-order chi connectivity index (χ1) is 11.7. The van der Waals surface area contributed by atoms with Crippen molar-refractivity contribution >= 4 is 23.2 Å². The number of hydrogen-bond acceptors (Lipinski definition) is 5. The van der Waals surface area contributed by atoms with Crippen molar-refractivity contribution in [3.8, 4) is 5.75 Å². The molecule has 2 rings (SSSR count). The number of rotatable bonds is 4. The Morgan fingerprint density at radius 3 is 2.40 bits per heavy atom. The molecule has 8 heteroatoms. The summed E-state index contributed by atoms with van der Waals surface area (Å²) in [7, 11) is 0. The normalized spacial score (nSPS) is 12.4. The Morgan fingerprint density at radius 1 is 1.20 bits per heavy atom. The SMILES string of the molecule is CC(Oc1ccc(F)cc1)C(=O)NNC(=O)c1cnc(C(C)(C)C)s1. The minimum atomic E-state index is -0.864. The van der Waals surface area contributed by atoms with Gasteiger partial charge in [0.15, 0.2) is 6.10 Å². The fourth-order valence-electron chi connectivity index (χ4n) is 1.78. The number of halogens is 1. The van der Waals surface area contributed by atoms with Crippen molar-refractivity contribution in [2.75, 3.05) is 0 Å². The van der Waals surface area contributed by atoms with Gasteiger partial charge in [0.2, 0.25) is 0 Å². The first-order valence-corrected chi connectivity index (χ1v) is 8.47. The minimum absolute atomic E-state index is 0.149. The minimum Gasteiger partial charge on any atom is -0.481 e. The fourth-order valence-corrected chi connectivity index (χ4v) is 2.65. The molecule has 134 valence electrons. The molecule has 0 spiro atoms. The molecule has 0 aliphatic heterocycles. The highest BCUT2D eigenvalue weighted by molar-refractivity contribution is 7.13. The molecular formula is C17H20FN3O3S. The van der Waals surface area contributed by atoms with Crippen molar-refractivity contribution < 1.29 is 18.7 Å². The summed E-state index contributed by atoms with van der Waals surface area (Å²) in [5, 5.41) is 0.831. The molecule has 1 aromatic carbocycles. The summed E-state index contributed by atoms with van der Waals surface area (Å²) >= 11 is 1.27. The first kappa shape index (κ1) is 18.9. The van der Waals surface area contributed by atoms with Crippen LogP contribution < -0.4 is 15.6 Å². The largest absolute Gasteiger partial charge is 0.481 e. The topological polar surface area (TPSA) is 80.3 Å². The highest BCUT2D eigenvalue weighted by atomic mass is 32.1. The van der Waals surface area contributed by atoms with Crippen molar-refractivity contribution in [2.45, 2.75) is 39.2 Å². The van der Waals surface area contributed by atoms with Gasteiger partial charge >= 0.3 is 0 Å². The van der Waals surface area contributed by atoms with E-state index in [0.29, 0.717) is 10.6 Å². The van der Waals surface area contributed by atoms with Crippen LogP contribution in [-0.4, -0.2) is 22.9 Å². The molecule has 2 aromatic rings. The van der Waals surface area contributed by atoms with Crippen molar-refractivity contribution in [3.63, 3.8) is 0 Å². The van der Waals surface area contributed by atoms with Gasteiger partial charge in [-0.1, -0.05) is 20.8 Å². The summed E-state index contributed by atoms with van der Waals surface area (Å²) in [6.45, 7) is 7.53. The molecule has 0 bridgehead atoms. The zero-order valence-electron chi connectivity index (χ0n) is 14.4. The second kappa shape index (κ2) is 7.60. The average Bonchev–Trinajstić information content (AvgIpc) is 3.04. The predicted octanol–water partition coefficient (Wildman–Crippen LogP) is 2.81. The molecule has 0 radical (unpaired) electrons. The quantitative estimate of drug-likeness (QED) is 0.817. The third kappa shape index (κ3) is 5.25. The molecule has 1 aromatic heterocycles. The Bertz CT molecular complexity index is 753. The van der Waals surface area contributed by atoms with E-state index in [4.69, 9.17) is 4.74 Å². The summed E-state index contributed by atoms with van der Waals surface area (Å²) < 4.78 is 18.2. The van der Waals surface area contributed by atoms with Gasteiger partial charge in [-0.15, -0.1) is 11.3 Å². The van der Waals surface area contributed by atoms with Gasteiger partial charge in [0.1, 0.15) is 16.4 Å². The molecule has 6 nitrogen and oxygen atoms in total. The summed E-state index contributed by atoms with van der Waals surface area (Å²) in [6, 6.07) is 5.31. The lowest BCUT2D eigenvalue weighted by molar-refractivity contribution is -0.128. The Labute approximate surface area is 149 Å². The maximum absolute atomic E-state index is 12.8. The van der Waals surface area contributed by atoms with E-state index >= 15 is 0 Å².